The Labute approximate surface area is 102 Å². The molecule has 86 valence electrons. The molecule has 1 aliphatic heterocycles. The summed E-state index contributed by atoms with van der Waals surface area (Å²) in [6, 6.07) is 17.2. The van der Waals surface area contributed by atoms with Crippen molar-refractivity contribution in [3.63, 3.8) is 0 Å². The minimum Gasteiger partial charge on any atom is -0.388 e. The van der Waals surface area contributed by atoms with Crippen molar-refractivity contribution in [1.82, 2.24) is 0 Å². The van der Waals surface area contributed by atoms with Gasteiger partial charge in [-0.3, -0.25) is 0 Å². The van der Waals surface area contributed by atoms with Gasteiger partial charge in [-0.15, -0.1) is 0 Å². The zero-order valence-electron chi connectivity index (χ0n) is 9.98. The summed E-state index contributed by atoms with van der Waals surface area (Å²) in [5.41, 5.74) is 5.22. The van der Waals surface area contributed by atoms with Crippen molar-refractivity contribution in [1.29, 1.82) is 0 Å². The summed E-state index contributed by atoms with van der Waals surface area (Å²) in [6.45, 7) is 1.08. The van der Waals surface area contributed by atoms with E-state index in [1.807, 2.05) is 7.05 Å². The third-order valence-electron chi connectivity index (χ3n) is 3.33. The molecule has 1 N–H and O–H groups in total. The quantitative estimate of drug-likeness (QED) is 0.840. The molecule has 1 aliphatic rings. The van der Waals surface area contributed by atoms with E-state index >= 15 is 0 Å². The van der Waals surface area contributed by atoms with Crippen LogP contribution >= 0.6 is 0 Å². The molecule has 2 aromatic carbocycles. The molecule has 0 radical (unpaired) electrons. The van der Waals surface area contributed by atoms with E-state index in [0.29, 0.717) is 0 Å². The van der Waals surface area contributed by atoms with Crippen LogP contribution in [0.3, 0.4) is 0 Å². The van der Waals surface area contributed by atoms with Crippen molar-refractivity contribution >= 4 is 17.1 Å². The fraction of sp³-hybridized carbons (Fsp3) is 0.200. The van der Waals surface area contributed by atoms with E-state index in [-0.39, 0.29) is 0 Å². The number of para-hydroxylation sites is 1. The van der Waals surface area contributed by atoms with E-state index in [1.54, 1.807) is 0 Å². The number of fused-ring (bicyclic) bond motifs is 1. The Hall–Kier alpha value is -1.96. The zero-order chi connectivity index (χ0) is 11.7. The van der Waals surface area contributed by atoms with E-state index in [9.17, 15) is 0 Å². The molecule has 0 bridgehead atoms. The van der Waals surface area contributed by atoms with Gasteiger partial charge >= 0.3 is 0 Å². The standard InChI is InChI=1S/C15H16N2/c1-16-13-6-4-7-14(11-13)17-10-9-12-5-2-3-8-15(12)17/h2-8,11,16H,9-10H2,1H3. The Morgan fingerprint density at radius 3 is 2.82 bits per heavy atom. The van der Waals surface area contributed by atoms with Gasteiger partial charge in [-0.1, -0.05) is 24.3 Å². The molecule has 2 nitrogen and oxygen atoms in total. The molecular weight excluding hydrogens is 208 g/mol. The summed E-state index contributed by atoms with van der Waals surface area (Å²) < 4.78 is 0. The van der Waals surface area contributed by atoms with Crippen LogP contribution in [0.2, 0.25) is 0 Å². The van der Waals surface area contributed by atoms with Gasteiger partial charge in [-0.25, -0.2) is 0 Å². The van der Waals surface area contributed by atoms with E-state index in [0.717, 1.165) is 18.7 Å². The predicted molar refractivity (Wildman–Crippen MR) is 73.1 cm³/mol. The maximum atomic E-state index is 3.19. The van der Waals surface area contributed by atoms with E-state index in [1.165, 1.54) is 16.9 Å². The second-order valence-electron chi connectivity index (χ2n) is 4.33. The van der Waals surface area contributed by atoms with Crippen LogP contribution in [0.15, 0.2) is 48.5 Å². The molecule has 3 rings (SSSR count). The molecule has 0 saturated heterocycles. The van der Waals surface area contributed by atoms with Crippen LogP contribution in [0, 0.1) is 0 Å². The lowest BCUT2D eigenvalue weighted by atomic mass is 10.2. The lowest BCUT2D eigenvalue weighted by Gasteiger charge is -2.20. The fourth-order valence-corrected chi connectivity index (χ4v) is 2.44. The van der Waals surface area contributed by atoms with Gasteiger partial charge in [-0.05, 0) is 36.2 Å². The van der Waals surface area contributed by atoms with Gasteiger partial charge in [0.25, 0.3) is 0 Å². The number of nitrogens with zero attached hydrogens (tertiary/aromatic N) is 1. The zero-order valence-corrected chi connectivity index (χ0v) is 9.98. The molecule has 0 spiro atoms. The highest BCUT2D eigenvalue weighted by Crippen LogP contribution is 2.34. The predicted octanol–water partition coefficient (Wildman–Crippen LogP) is 3.42. The number of nitrogens with one attached hydrogen (secondary N) is 1. The number of benzene rings is 2. The highest BCUT2D eigenvalue weighted by atomic mass is 15.2. The number of hydrogen-bond donors (Lipinski definition) is 1. The largest absolute Gasteiger partial charge is 0.388 e. The smallest absolute Gasteiger partial charge is 0.0444 e. The molecule has 0 unspecified atom stereocenters. The molecule has 0 aromatic heterocycles. The van der Waals surface area contributed by atoms with Gasteiger partial charge < -0.3 is 10.2 Å². The van der Waals surface area contributed by atoms with Crippen molar-refractivity contribution in [3.05, 3.63) is 54.1 Å². The van der Waals surface area contributed by atoms with E-state index < -0.39 is 0 Å². The number of hydrogen-bond acceptors (Lipinski definition) is 2. The Bertz CT molecular complexity index is 534. The average molecular weight is 224 g/mol. The molecule has 17 heavy (non-hydrogen) atoms. The second kappa shape index (κ2) is 4.13. The van der Waals surface area contributed by atoms with Crippen LogP contribution < -0.4 is 10.2 Å². The number of rotatable bonds is 2. The maximum absolute atomic E-state index is 3.19. The molecule has 0 atom stereocenters. The first-order chi connectivity index (χ1) is 8.38. The first kappa shape index (κ1) is 10.2. The molecule has 0 amide bonds. The third-order valence-corrected chi connectivity index (χ3v) is 3.33. The van der Waals surface area contributed by atoms with Crippen LogP contribution in [0.4, 0.5) is 17.1 Å². The van der Waals surface area contributed by atoms with Gasteiger partial charge in [0.15, 0.2) is 0 Å². The van der Waals surface area contributed by atoms with Crippen LogP contribution in [0.1, 0.15) is 5.56 Å². The van der Waals surface area contributed by atoms with Gasteiger partial charge in [0.2, 0.25) is 0 Å². The van der Waals surface area contributed by atoms with Crippen LogP contribution in [0.5, 0.6) is 0 Å². The Morgan fingerprint density at radius 1 is 1.06 bits per heavy atom. The van der Waals surface area contributed by atoms with Crippen molar-refractivity contribution in [3.8, 4) is 0 Å². The lowest BCUT2D eigenvalue weighted by Crippen LogP contribution is -2.13. The van der Waals surface area contributed by atoms with Crippen LogP contribution in [-0.4, -0.2) is 13.6 Å². The summed E-state index contributed by atoms with van der Waals surface area (Å²) in [6.07, 6.45) is 1.14. The summed E-state index contributed by atoms with van der Waals surface area (Å²) in [5, 5.41) is 3.19. The van der Waals surface area contributed by atoms with Crippen molar-refractivity contribution in [2.24, 2.45) is 0 Å². The molecule has 0 saturated carbocycles. The highest BCUT2D eigenvalue weighted by Gasteiger charge is 2.19. The second-order valence-corrected chi connectivity index (χ2v) is 4.33. The summed E-state index contributed by atoms with van der Waals surface area (Å²) in [5.74, 6) is 0. The molecule has 2 heteroatoms. The SMILES string of the molecule is CNc1cccc(N2CCc3ccccc32)c1. The molecular formula is C15H16N2. The summed E-state index contributed by atoms with van der Waals surface area (Å²) in [7, 11) is 1.96. The summed E-state index contributed by atoms with van der Waals surface area (Å²) >= 11 is 0. The Morgan fingerprint density at radius 2 is 1.94 bits per heavy atom. The van der Waals surface area contributed by atoms with Crippen LogP contribution in [0.25, 0.3) is 0 Å². The minimum absolute atomic E-state index is 1.08. The van der Waals surface area contributed by atoms with Gasteiger partial charge in [-0.2, -0.15) is 0 Å². The van der Waals surface area contributed by atoms with Gasteiger partial charge in [0.1, 0.15) is 0 Å². The van der Waals surface area contributed by atoms with Gasteiger partial charge in [0, 0.05) is 30.7 Å². The molecule has 0 aliphatic carbocycles. The first-order valence-electron chi connectivity index (χ1n) is 6.02. The van der Waals surface area contributed by atoms with Crippen LogP contribution in [-0.2, 0) is 6.42 Å². The summed E-state index contributed by atoms with van der Waals surface area (Å²) in [4.78, 5) is 2.39. The fourth-order valence-electron chi connectivity index (χ4n) is 2.44. The third kappa shape index (κ3) is 1.76. The Kier molecular flexibility index (Phi) is 2.48. The van der Waals surface area contributed by atoms with Crippen molar-refractivity contribution < 1.29 is 0 Å². The highest BCUT2D eigenvalue weighted by molar-refractivity contribution is 5.72. The van der Waals surface area contributed by atoms with Crippen molar-refractivity contribution in [2.45, 2.75) is 6.42 Å². The topological polar surface area (TPSA) is 15.3 Å². The van der Waals surface area contributed by atoms with Crippen molar-refractivity contribution in [2.75, 3.05) is 23.8 Å². The van der Waals surface area contributed by atoms with E-state index in [4.69, 9.17) is 0 Å². The minimum atomic E-state index is 1.08. The molecule has 0 fully saturated rings. The first-order valence-corrected chi connectivity index (χ1v) is 6.02. The van der Waals surface area contributed by atoms with Gasteiger partial charge in [0.05, 0.1) is 0 Å². The lowest BCUT2D eigenvalue weighted by molar-refractivity contribution is 0.998. The maximum Gasteiger partial charge on any atom is 0.0444 e. The normalized spacial score (nSPS) is 13.6. The van der Waals surface area contributed by atoms with E-state index in [2.05, 4.69) is 58.7 Å². The monoisotopic (exact) mass is 224 g/mol. The number of anilines is 3. The molecule has 2 aromatic rings. The Balaban J connectivity index is 2.01. The average Bonchev–Trinajstić information content (AvgIpc) is 2.82. The molecule has 1 heterocycles.